The molecule has 2 aromatic heterocycles. The summed E-state index contributed by atoms with van der Waals surface area (Å²) in [6.07, 6.45) is 1.70. The summed E-state index contributed by atoms with van der Waals surface area (Å²) in [5, 5.41) is 18.7. The lowest BCUT2D eigenvalue weighted by atomic mass is 10.1. The Morgan fingerprint density at radius 3 is 2.67 bits per heavy atom. The maximum atomic E-state index is 12.1. The van der Waals surface area contributed by atoms with E-state index in [0.29, 0.717) is 11.3 Å². The van der Waals surface area contributed by atoms with Crippen molar-refractivity contribution in [2.24, 2.45) is 0 Å². The summed E-state index contributed by atoms with van der Waals surface area (Å²) in [4.78, 5) is 36.5. The Bertz CT molecular complexity index is 765. The fourth-order valence-corrected chi connectivity index (χ4v) is 3.12. The predicted molar refractivity (Wildman–Crippen MR) is 86.9 cm³/mol. The molecule has 8 nitrogen and oxygen atoms in total. The minimum absolute atomic E-state index is 0.0422. The lowest BCUT2D eigenvalue weighted by molar-refractivity contribution is -0.138. The van der Waals surface area contributed by atoms with Gasteiger partial charge in [0.25, 0.3) is 0 Å². The number of hydrogen-bond donors (Lipinski definition) is 2. The molecule has 0 saturated heterocycles. The van der Waals surface area contributed by atoms with E-state index in [4.69, 9.17) is 5.11 Å². The number of thiophene rings is 1. The van der Waals surface area contributed by atoms with Gasteiger partial charge in [-0.3, -0.25) is 14.4 Å². The third kappa shape index (κ3) is 4.98. The van der Waals surface area contributed by atoms with Crippen molar-refractivity contribution in [1.29, 1.82) is 0 Å². The predicted octanol–water partition coefficient (Wildman–Crippen LogP) is 1.32. The van der Waals surface area contributed by atoms with E-state index < -0.39 is 5.97 Å². The third-order valence-corrected chi connectivity index (χ3v) is 4.24. The quantitative estimate of drug-likeness (QED) is 0.694. The largest absolute Gasteiger partial charge is 0.480 e. The van der Waals surface area contributed by atoms with Crippen LogP contribution < -0.4 is 5.32 Å². The molecule has 9 heteroatoms. The summed E-state index contributed by atoms with van der Waals surface area (Å²) < 4.78 is 1.18. The molecular weight excluding hydrogens is 332 g/mol. The topological polar surface area (TPSA) is 114 Å². The van der Waals surface area contributed by atoms with E-state index in [0.717, 1.165) is 9.75 Å². The summed E-state index contributed by atoms with van der Waals surface area (Å²) >= 11 is 1.57. The molecule has 2 N–H and O–H groups in total. The molecular formula is C15H18N4O4S. The molecule has 0 fully saturated rings. The van der Waals surface area contributed by atoms with Crippen LogP contribution in [0.2, 0.25) is 0 Å². The van der Waals surface area contributed by atoms with Gasteiger partial charge in [-0.15, -0.1) is 16.4 Å². The second-order valence-corrected chi connectivity index (χ2v) is 6.79. The first-order valence-electron chi connectivity index (χ1n) is 7.33. The molecule has 2 rings (SSSR count). The van der Waals surface area contributed by atoms with Crippen molar-refractivity contribution in [2.45, 2.75) is 39.8 Å². The highest BCUT2D eigenvalue weighted by Gasteiger charge is 2.14. The number of carbonyl (C=O) groups excluding carboxylic acids is 2. The van der Waals surface area contributed by atoms with Crippen molar-refractivity contribution in [3.63, 3.8) is 0 Å². The molecule has 0 aromatic carbocycles. The van der Waals surface area contributed by atoms with Crippen LogP contribution in [0.3, 0.4) is 0 Å². The van der Waals surface area contributed by atoms with Crippen molar-refractivity contribution >= 4 is 29.0 Å². The number of aliphatic carboxylic acids is 1. The number of aromatic nitrogens is 3. The normalized spacial score (nSPS) is 10.6. The van der Waals surface area contributed by atoms with E-state index in [1.807, 2.05) is 19.9 Å². The third-order valence-electron chi connectivity index (χ3n) is 3.27. The van der Waals surface area contributed by atoms with E-state index in [2.05, 4.69) is 15.6 Å². The monoisotopic (exact) mass is 350 g/mol. The van der Waals surface area contributed by atoms with Crippen molar-refractivity contribution in [2.75, 3.05) is 0 Å². The van der Waals surface area contributed by atoms with Gasteiger partial charge in [-0.1, -0.05) is 5.21 Å². The summed E-state index contributed by atoms with van der Waals surface area (Å²) in [6, 6.07) is 1.85. The number of rotatable bonds is 8. The number of nitrogens with one attached hydrogen (secondary N) is 1. The molecule has 0 saturated carbocycles. The summed E-state index contributed by atoms with van der Waals surface area (Å²) in [5.41, 5.74) is 1.14. The van der Waals surface area contributed by atoms with Gasteiger partial charge < -0.3 is 10.4 Å². The van der Waals surface area contributed by atoms with Gasteiger partial charge in [0.15, 0.2) is 5.78 Å². The van der Waals surface area contributed by atoms with E-state index in [1.54, 1.807) is 11.3 Å². The molecule has 0 aliphatic carbocycles. The van der Waals surface area contributed by atoms with Crippen LogP contribution in [0.1, 0.15) is 38.6 Å². The maximum Gasteiger partial charge on any atom is 0.325 e. The Labute approximate surface area is 142 Å². The van der Waals surface area contributed by atoms with Gasteiger partial charge in [0, 0.05) is 28.2 Å². The molecule has 24 heavy (non-hydrogen) atoms. The Kier molecular flexibility index (Phi) is 5.80. The highest BCUT2D eigenvalue weighted by Crippen LogP contribution is 2.22. The smallest absolute Gasteiger partial charge is 0.325 e. The molecule has 0 atom stereocenters. The molecule has 0 spiro atoms. The molecule has 0 aliphatic heterocycles. The highest BCUT2D eigenvalue weighted by atomic mass is 32.1. The van der Waals surface area contributed by atoms with Crippen molar-refractivity contribution < 1.29 is 19.5 Å². The Balaban J connectivity index is 1.77. The van der Waals surface area contributed by atoms with Gasteiger partial charge in [-0.2, -0.15) is 0 Å². The van der Waals surface area contributed by atoms with Crippen molar-refractivity contribution in [1.82, 2.24) is 20.3 Å². The van der Waals surface area contributed by atoms with Crippen LogP contribution in [-0.2, 0) is 22.7 Å². The Hall–Kier alpha value is -2.55. The minimum Gasteiger partial charge on any atom is -0.480 e. The highest BCUT2D eigenvalue weighted by molar-refractivity contribution is 7.12. The van der Waals surface area contributed by atoms with E-state index >= 15 is 0 Å². The number of amides is 1. The first-order chi connectivity index (χ1) is 11.3. The van der Waals surface area contributed by atoms with Gasteiger partial charge >= 0.3 is 5.97 Å². The summed E-state index contributed by atoms with van der Waals surface area (Å²) in [7, 11) is 0. The number of Topliss-reactive ketones (excluding diaryl/α,β-unsaturated/α-hetero) is 1. The van der Waals surface area contributed by atoms with Gasteiger partial charge in [0.05, 0.1) is 12.7 Å². The lowest BCUT2D eigenvalue weighted by Gasteiger charge is -2.03. The van der Waals surface area contributed by atoms with Crippen LogP contribution in [-0.4, -0.2) is 37.8 Å². The molecule has 2 aromatic rings. The molecule has 2 heterocycles. The first kappa shape index (κ1) is 17.8. The zero-order valence-corrected chi connectivity index (χ0v) is 14.2. The number of carboxylic acid groups (broad SMARTS) is 1. The van der Waals surface area contributed by atoms with E-state index in [1.165, 1.54) is 10.9 Å². The number of nitrogens with zero attached hydrogens (tertiary/aromatic N) is 3. The molecule has 0 radical (unpaired) electrons. The number of hydrogen-bond acceptors (Lipinski definition) is 6. The fraction of sp³-hybridized carbons (Fsp3) is 0.400. The van der Waals surface area contributed by atoms with Gasteiger partial charge in [-0.05, 0) is 19.9 Å². The number of carbonyl (C=O) groups is 3. The fourth-order valence-electron chi connectivity index (χ4n) is 2.18. The van der Waals surface area contributed by atoms with Crippen LogP contribution in [0.5, 0.6) is 0 Å². The van der Waals surface area contributed by atoms with Gasteiger partial charge in [0.1, 0.15) is 12.2 Å². The van der Waals surface area contributed by atoms with Gasteiger partial charge in [0.2, 0.25) is 5.91 Å². The SMILES string of the molecule is Cc1cc(C(=O)CCC(=O)NCc2cn(CC(=O)O)nn2)c(C)s1. The molecule has 1 amide bonds. The number of aryl methyl sites for hydroxylation is 2. The first-order valence-corrected chi connectivity index (χ1v) is 8.14. The zero-order valence-electron chi connectivity index (χ0n) is 13.4. The number of carboxylic acids is 1. The zero-order chi connectivity index (χ0) is 17.7. The lowest BCUT2D eigenvalue weighted by Crippen LogP contribution is -2.23. The minimum atomic E-state index is -1.02. The second kappa shape index (κ2) is 7.82. The van der Waals surface area contributed by atoms with Crippen LogP contribution in [0.4, 0.5) is 0 Å². The average Bonchev–Trinajstić information content (AvgIpc) is 3.08. The standard InChI is InChI=1S/C15H18N4O4S/c1-9-5-12(10(2)24-9)13(20)3-4-14(21)16-6-11-7-19(18-17-11)8-15(22)23/h5,7H,3-4,6,8H2,1-2H3,(H,16,21)(H,22,23). The molecule has 128 valence electrons. The average molecular weight is 350 g/mol. The molecule has 0 unspecified atom stereocenters. The van der Waals surface area contributed by atoms with Crippen LogP contribution >= 0.6 is 11.3 Å². The van der Waals surface area contributed by atoms with Crippen LogP contribution in [0, 0.1) is 13.8 Å². The summed E-state index contributed by atoms with van der Waals surface area (Å²) in [6.45, 7) is 3.70. The number of ketones is 1. The molecule has 0 aliphatic rings. The van der Waals surface area contributed by atoms with Crippen LogP contribution in [0.15, 0.2) is 12.3 Å². The maximum absolute atomic E-state index is 12.1. The van der Waals surface area contributed by atoms with E-state index in [-0.39, 0.29) is 37.6 Å². The Morgan fingerprint density at radius 2 is 2.04 bits per heavy atom. The Morgan fingerprint density at radius 1 is 1.29 bits per heavy atom. The van der Waals surface area contributed by atoms with Crippen molar-refractivity contribution in [3.8, 4) is 0 Å². The molecule has 0 bridgehead atoms. The van der Waals surface area contributed by atoms with Gasteiger partial charge in [-0.25, -0.2) is 4.68 Å². The second-order valence-electron chi connectivity index (χ2n) is 5.33. The van der Waals surface area contributed by atoms with E-state index in [9.17, 15) is 14.4 Å². The van der Waals surface area contributed by atoms with Crippen molar-refractivity contribution in [3.05, 3.63) is 33.3 Å². The van der Waals surface area contributed by atoms with Crippen LogP contribution in [0.25, 0.3) is 0 Å². The summed E-state index contributed by atoms with van der Waals surface area (Å²) in [5.74, 6) is -1.33.